The van der Waals surface area contributed by atoms with Gasteiger partial charge in [-0.1, -0.05) is 36.4 Å². The molecular formula is C14H13F2N. The zero-order chi connectivity index (χ0) is 12.5. The van der Waals surface area contributed by atoms with E-state index in [0.29, 0.717) is 11.3 Å². The van der Waals surface area contributed by atoms with Gasteiger partial charge in [0, 0.05) is 16.8 Å². The largest absolute Gasteiger partial charge is 0.399 e. The smallest absolute Gasteiger partial charge is 0.298 e. The molecular weight excluding hydrogens is 220 g/mol. The quantitative estimate of drug-likeness (QED) is 0.786. The average molecular weight is 233 g/mol. The molecule has 0 aliphatic carbocycles. The fourth-order valence-electron chi connectivity index (χ4n) is 1.81. The lowest BCUT2D eigenvalue weighted by Crippen LogP contribution is -2.16. The summed E-state index contributed by atoms with van der Waals surface area (Å²) in [5.74, 6) is -3.01. The van der Waals surface area contributed by atoms with Crippen LogP contribution in [0.3, 0.4) is 0 Å². The van der Waals surface area contributed by atoms with Crippen LogP contribution >= 0.6 is 0 Å². The monoisotopic (exact) mass is 233 g/mol. The third kappa shape index (κ3) is 2.13. The molecule has 88 valence electrons. The number of aryl methyl sites for hydroxylation is 1. The van der Waals surface area contributed by atoms with Crippen molar-refractivity contribution < 1.29 is 8.78 Å². The highest BCUT2D eigenvalue weighted by molar-refractivity contribution is 5.46. The first kappa shape index (κ1) is 11.6. The molecule has 0 aromatic heterocycles. The molecule has 0 heterocycles. The summed E-state index contributed by atoms with van der Waals surface area (Å²) in [5, 5.41) is 0. The van der Waals surface area contributed by atoms with Gasteiger partial charge < -0.3 is 5.73 Å². The van der Waals surface area contributed by atoms with Crippen LogP contribution in [0.2, 0.25) is 0 Å². The molecule has 17 heavy (non-hydrogen) atoms. The summed E-state index contributed by atoms with van der Waals surface area (Å²) in [6, 6.07) is 12.3. The van der Waals surface area contributed by atoms with Crippen molar-refractivity contribution in [2.45, 2.75) is 12.8 Å². The lowest BCUT2D eigenvalue weighted by atomic mass is 9.96. The fraction of sp³-hybridized carbons (Fsp3) is 0.143. The number of halogens is 2. The van der Waals surface area contributed by atoms with E-state index in [0.717, 1.165) is 0 Å². The first-order valence-corrected chi connectivity index (χ1v) is 5.32. The first-order chi connectivity index (χ1) is 8.01. The Bertz CT molecular complexity index is 535. The Morgan fingerprint density at radius 2 is 1.71 bits per heavy atom. The third-order valence-electron chi connectivity index (χ3n) is 2.73. The van der Waals surface area contributed by atoms with Crippen molar-refractivity contribution in [3.8, 4) is 0 Å². The molecule has 3 heteroatoms. The average Bonchev–Trinajstić information content (AvgIpc) is 2.29. The zero-order valence-corrected chi connectivity index (χ0v) is 9.45. The minimum atomic E-state index is -3.01. The minimum absolute atomic E-state index is 0.0191. The normalized spacial score (nSPS) is 11.5. The predicted octanol–water partition coefficient (Wildman–Crippen LogP) is 3.72. The van der Waals surface area contributed by atoms with Crippen LogP contribution in [0, 0.1) is 6.92 Å². The van der Waals surface area contributed by atoms with Crippen LogP contribution in [0.5, 0.6) is 0 Å². The summed E-state index contributed by atoms with van der Waals surface area (Å²) in [6.07, 6.45) is 0. The number of nitrogen functional groups attached to an aromatic ring is 1. The summed E-state index contributed by atoms with van der Waals surface area (Å²) in [7, 11) is 0. The van der Waals surface area contributed by atoms with Gasteiger partial charge in [-0.15, -0.1) is 0 Å². The van der Waals surface area contributed by atoms with Crippen molar-refractivity contribution in [3.05, 3.63) is 65.2 Å². The van der Waals surface area contributed by atoms with Crippen molar-refractivity contribution in [2.24, 2.45) is 0 Å². The molecule has 0 saturated carbocycles. The van der Waals surface area contributed by atoms with Crippen molar-refractivity contribution in [2.75, 3.05) is 5.73 Å². The summed E-state index contributed by atoms with van der Waals surface area (Å²) >= 11 is 0. The summed E-state index contributed by atoms with van der Waals surface area (Å²) in [6.45, 7) is 1.68. The summed E-state index contributed by atoms with van der Waals surface area (Å²) in [5.41, 5.74) is 6.39. The Hall–Kier alpha value is -1.90. The molecule has 2 rings (SSSR count). The highest BCUT2D eigenvalue weighted by Gasteiger charge is 2.35. The molecule has 0 saturated heterocycles. The number of hydrogen-bond acceptors (Lipinski definition) is 1. The van der Waals surface area contributed by atoms with Crippen LogP contribution in [0.4, 0.5) is 14.5 Å². The topological polar surface area (TPSA) is 26.0 Å². The molecule has 0 amide bonds. The van der Waals surface area contributed by atoms with Crippen LogP contribution in [0.1, 0.15) is 16.7 Å². The number of anilines is 1. The van der Waals surface area contributed by atoms with E-state index in [1.807, 2.05) is 0 Å². The zero-order valence-electron chi connectivity index (χ0n) is 9.45. The van der Waals surface area contributed by atoms with E-state index in [9.17, 15) is 8.78 Å². The van der Waals surface area contributed by atoms with E-state index in [1.165, 1.54) is 24.3 Å². The summed E-state index contributed by atoms with van der Waals surface area (Å²) in [4.78, 5) is 0. The van der Waals surface area contributed by atoms with Crippen LogP contribution in [-0.4, -0.2) is 0 Å². The maximum absolute atomic E-state index is 14.3. The van der Waals surface area contributed by atoms with Crippen molar-refractivity contribution in [3.63, 3.8) is 0 Å². The second kappa shape index (κ2) is 4.17. The lowest BCUT2D eigenvalue weighted by molar-refractivity contribution is 0.0422. The van der Waals surface area contributed by atoms with Crippen LogP contribution in [-0.2, 0) is 5.92 Å². The number of benzene rings is 2. The highest BCUT2D eigenvalue weighted by Crippen LogP contribution is 2.37. The number of rotatable bonds is 2. The van der Waals surface area contributed by atoms with Gasteiger partial charge in [-0.3, -0.25) is 0 Å². The van der Waals surface area contributed by atoms with Crippen LogP contribution < -0.4 is 5.73 Å². The Kier molecular flexibility index (Phi) is 2.84. The van der Waals surface area contributed by atoms with Gasteiger partial charge in [0.05, 0.1) is 0 Å². The third-order valence-corrected chi connectivity index (χ3v) is 2.73. The van der Waals surface area contributed by atoms with Crippen LogP contribution in [0.15, 0.2) is 48.5 Å². The number of alkyl halides is 2. The maximum Gasteiger partial charge on any atom is 0.298 e. The SMILES string of the molecule is Cc1ccccc1C(F)(F)c1cccc(N)c1. The van der Waals surface area contributed by atoms with Crippen molar-refractivity contribution >= 4 is 5.69 Å². The van der Waals surface area contributed by atoms with Gasteiger partial charge in [-0.25, -0.2) is 0 Å². The Morgan fingerprint density at radius 3 is 2.35 bits per heavy atom. The molecule has 0 fully saturated rings. The maximum atomic E-state index is 14.3. The molecule has 0 aliphatic rings. The molecule has 2 N–H and O–H groups in total. The van der Waals surface area contributed by atoms with Crippen molar-refractivity contribution in [1.82, 2.24) is 0 Å². The molecule has 0 radical (unpaired) electrons. The first-order valence-electron chi connectivity index (χ1n) is 5.32. The number of nitrogens with two attached hydrogens (primary N) is 1. The number of hydrogen-bond donors (Lipinski definition) is 1. The van der Waals surface area contributed by atoms with Crippen LogP contribution in [0.25, 0.3) is 0 Å². The molecule has 0 unspecified atom stereocenters. The van der Waals surface area contributed by atoms with Gasteiger partial charge >= 0.3 is 0 Å². The van der Waals surface area contributed by atoms with E-state index in [1.54, 1.807) is 31.2 Å². The van der Waals surface area contributed by atoms with Gasteiger partial charge in [0.25, 0.3) is 5.92 Å². The Balaban J connectivity index is 2.53. The second-order valence-electron chi connectivity index (χ2n) is 4.01. The van der Waals surface area contributed by atoms with Gasteiger partial charge in [0.15, 0.2) is 0 Å². The molecule has 2 aromatic carbocycles. The van der Waals surface area contributed by atoms with E-state index in [4.69, 9.17) is 5.73 Å². The van der Waals surface area contributed by atoms with Gasteiger partial charge in [-0.05, 0) is 24.6 Å². The Morgan fingerprint density at radius 1 is 1.00 bits per heavy atom. The molecule has 1 nitrogen and oxygen atoms in total. The van der Waals surface area contributed by atoms with Gasteiger partial charge in [-0.2, -0.15) is 8.78 Å². The standard InChI is InChI=1S/C14H13F2N/c1-10-5-2-3-8-13(10)14(15,16)11-6-4-7-12(17)9-11/h2-9H,17H2,1H3. The molecule has 2 aromatic rings. The predicted molar refractivity (Wildman–Crippen MR) is 65.0 cm³/mol. The summed E-state index contributed by atoms with van der Waals surface area (Å²) < 4.78 is 28.5. The van der Waals surface area contributed by atoms with E-state index >= 15 is 0 Å². The second-order valence-corrected chi connectivity index (χ2v) is 4.01. The van der Waals surface area contributed by atoms with Gasteiger partial charge in [0.2, 0.25) is 0 Å². The van der Waals surface area contributed by atoms with E-state index in [-0.39, 0.29) is 11.1 Å². The minimum Gasteiger partial charge on any atom is -0.399 e. The van der Waals surface area contributed by atoms with Crippen molar-refractivity contribution in [1.29, 1.82) is 0 Å². The lowest BCUT2D eigenvalue weighted by Gasteiger charge is -2.19. The molecule has 0 atom stereocenters. The fourth-order valence-corrected chi connectivity index (χ4v) is 1.81. The molecule has 0 aliphatic heterocycles. The van der Waals surface area contributed by atoms with E-state index < -0.39 is 5.92 Å². The highest BCUT2D eigenvalue weighted by atomic mass is 19.3. The van der Waals surface area contributed by atoms with Gasteiger partial charge in [0.1, 0.15) is 0 Å². The molecule has 0 spiro atoms. The molecule has 0 bridgehead atoms. The Labute approximate surface area is 98.9 Å². The van der Waals surface area contributed by atoms with E-state index in [2.05, 4.69) is 0 Å².